The van der Waals surface area contributed by atoms with E-state index in [0.29, 0.717) is 17.2 Å². The van der Waals surface area contributed by atoms with Crippen molar-refractivity contribution < 1.29 is 14.3 Å². The maximum Gasteiger partial charge on any atom is 0.261 e. The van der Waals surface area contributed by atoms with Crippen molar-refractivity contribution in [1.29, 1.82) is 0 Å². The quantitative estimate of drug-likeness (QED) is 0.338. The maximum absolute atomic E-state index is 13.8. The number of nitrogens with zero attached hydrogens (tertiary/aromatic N) is 1. The molecule has 3 rings (SSSR count). The predicted molar refractivity (Wildman–Crippen MR) is 154 cm³/mol. The van der Waals surface area contributed by atoms with Gasteiger partial charge in [0.15, 0.2) is 6.61 Å². The van der Waals surface area contributed by atoms with E-state index in [-0.39, 0.29) is 30.4 Å². The monoisotopic (exact) mass is 534 g/mol. The second kappa shape index (κ2) is 12.5. The Labute approximate surface area is 232 Å². The van der Waals surface area contributed by atoms with Gasteiger partial charge in [-0.05, 0) is 61.1 Å². The van der Waals surface area contributed by atoms with Crippen LogP contribution in [-0.2, 0) is 28.0 Å². The minimum absolute atomic E-state index is 0.148. The normalized spacial score (nSPS) is 12.5. The summed E-state index contributed by atoms with van der Waals surface area (Å²) >= 11 is 6.11. The third kappa shape index (κ3) is 8.63. The van der Waals surface area contributed by atoms with Crippen LogP contribution in [0.15, 0.2) is 78.9 Å². The topological polar surface area (TPSA) is 58.6 Å². The summed E-state index contributed by atoms with van der Waals surface area (Å²) in [5.74, 6) is 0.186. The Hall–Kier alpha value is -3.31. The van der Waals surface area contributed by atoms with E-state index in [9.17, 15) is 9.59 Å². The van der Waals surface area contributed by atoms with Gasteiger partial charge in [0, 0.05) is 23.5 Å². The summed E-state index contributed by atoms with van der Waals surface area (Å²) in [6.45, 7) is 12.2. The first kappa shape index (κ1) is 29.2. The van der Waals surface area contributed by atoms with E-state index in [4.69, 9.17) is 16.3 Å². The van der Waals surface area contributed by atoms with E-state index in [2.05, 4.69) is 26.1 Å². The van der Waals surface area contributed by atoms with E-state index in [1.54, 1.807) is 17.0 Å². The van der Waals surface area contributed by atoms with Crippen LogP contribution in [0.3, 0.4) is 0 Å². The lowest BCUT2D eigenvalue weighted by atomic mass is 9.86. The smallest absolute Gasteiger partial charge is 0.261 e. The molecule has 0 spiro atoms. The van der Waals surface area contributed by atoms with Crippen molar-refractivity contribution in [3.8, 4) is 5.75 Å². The number of hydrogen-bond donors (Lipinski definition) is 1. The SMILES string of the molecule is CC(C)(C)NC(=O)[C@@H](Cc1ccccc1)N(Cc1ccc(Cl)cc1)C(=O)COc1ccccc1C(C)(C)C. The number of ether oxygens (including phenoxy) is 1. The Kier molecular flexibility index (Phi) is 9.61. The molecule has 3 aromatic rings. The molecule has 38 heavy (non-hydrogen) atoms. The lowest BCUT2D eigenvalue weighted by molar-refractivity contribution is -0.143. The molecule has 0 heterocycles. The van der Waals surface area contributed by atoms with Gasteiger partial charge < -0.3 is 15.0 Å². The number of rotatable bonds is 9. The van der Waals surface area contributed by atoms with Gasteiger partial charge in [0.05, 0.1) is 0 Å². The van der Waals surface area contributed by atoms with Gasteiger partial charge in [-0.2, -0.15) is 0 Å². The molecule has 2 amide bonds. The van der Waals surface area contributed by atoms with Gasteiger partial charge in [-0.1, -0.05) is 93.0 Å². The fourth-order valence-electron chi connectivity index (χ4n) is 4.23. The molecule has 0 saturated heterocycles. The van der Waals surface area contributed by atoms with E-state index < -0.39 is 11.6 Å². The first-order valence-electron chi connectivity index (χ1n) is 13.0. The molecule has 1 atom stereocenters. The number of para-hydroxylation sites is 1. The van der Waals surface area contributed by atoms with Crippen LogP contribution in [0.1, 0.15) is 58.2 Å². The summed E-state index contributed by atoms with van der Waals surface area (Å²) in [5, 5.41) is 3.69. The third-order valence-electron chi connectivity index (χ3n) is 6.08. The fourth-order valence-corrected chi connectivity index (χ4v) is 4.35. The van der Waals surface area contributed by atoms with Crippen LogP contribution in [0.25, 0.3) is 0 Å². The van der Waals surface area contributed by atoms with Gasteiger partial charge in [0.1, 0.15) is 11.8 Å². The molecule has 3 aromatic carbocycles. The molecule has 0 aliphatic heterocycles. The average molecular weight is 535 g/mol. The van der Waals surface area contributed by atoms with Gasteiger partial charge in [-0.25, -0.2) is 0 Å². The molecule has 0 aliphatic rings. The third-order valence-corrected chi connectivity index (χ3v) is 6.33. The van der Waals surface area contributed by atoms with Gasteiger partial charge in [0.25, 0.3) is 5.91 Å². The zero-order chi connectivity index (χ0) is 27.9. The van der Waals surface area contributed by atoms with Crippen LogP contribution in [-0.4, -0.2) is 34.9 Å². The summed E-state index contributed by atoms with van der Waals surface area (Å²) < 4.78 is 6.10. The van der Waals surface area contributed by atoms with Crippen LogP contribution in [0.4, 0.5) is 0 Å². The van der Waals surface area contributed by atoms with Crippen molar-refractivity contribution in [2.75, 3.05) is 6.61 Å². The molecule has 0 radical (unpaired) electrons. The molecule has 0 saturated carbocycles. The highest BCUT2D eigenvalue weighted by Crippen LogP contribution is 2.31. The van der Waals surface area contributed by atoms with Crippen molar-refractivity contribution >= 4 is 23.4 Å². The van der Waals surface area contributed by atoms with E-state index in [1.807, 2.05) is 87.5 Å². The molecule has 0 bridgehead atoms. The number of carbonyl (C=O) groups excluding carboxylic acids is 2. The van der Waals surface area contributed by atoms with Crippen LogP contribution in [0.2, 0.25) is 5.02 Å². The van der Waals surface area contributed by atoms with E-state index in [0.717, 1.165) is 16.7 Å². The first-order chi connectivity index (χ1) is 17.8. The summed E-state index contributed by atoms with van der Waals surface area (Å²) in [4.78, 5) is 29.1. The van der Waals surface area contributed by atoms with E-state index in [1.165, 1.54) is 0 Å². The zero-order valence-electron chi connectivity index (χ0n) is 23.3. The summed E-state index contributed by atoms with van der Waals surface area (Å²) in [5.41, 5.74) is 2.26. The number of halogens is 1. The molecule has 0 aromatic heterocycles. The second-order valence-electron chi connectivity index (χ2n) is 11.6. The lowest BCUT2D eigenvalue weighted by Crippen LogP contribution is -2.55. The molecule has 1 N–H and O–H groups in total. The Morgan fingerprint density at radius 1 is 0.842 bits per heavy atom. The number of benzene rings is 3. The Morgan fingerprint density at radius 3 is 2.05 bits per heavy atom. The number of amides is 2. The van der Waals surface area contributed by atoms with Crippen molar-refractivity contribution in [2.45, 2.75) is 71.5 Å². The average Bonchev–Trinajstić information content (AvgIpc) is 2.85. The molecule has 5 nitrogen and oxygen atoms in total. The molecule has 0 fully saturated rings. The van der Waals surface area contributed by atoms with Crippen LogP contribution < -0.4 is 10.1 Å². The number of nitrogens with one attached hydrogen (secondary N) is 1. The second-order valence-corrected chi connectivity index (χ2v) is 12.1. The highest BCUT2D eigenvalue weighted by molar-refractivity contribution is 6.30. The fraction of sp³-hybridized carbons (Fsp3) is 0.375. The largest absolute Gasteiger partial charge is 0.483 e. The lowest BCUT2D eigenvalue weighted by Gasteiger charge is -2.34. The van der Waals surface area contributed by atoms with Crippen LogP contribution >= 0.6 is 11.6 Å². The molecule has 202 valence electrons. The van der Waals surface area contributed by atoms with Gasteiger partial charge in [-0.3, -0.25) is 9.59 Å². The van der Waals surface area contributed by atoms with Crippen LogP contribution in [0.5, 0.6) is 5.75 Å². The molecule has 0 unspecified atom stereocenters. The molecular weight excluding hydrogens is 496 g/mol. The van der Waals surface area contributed by atoms with Gasteiger partial charge in [0.2, 0.25) is 5.91 Å². The molecule has 0 aliphatic carbocycles. The molecule has 6 heteroatoms. The number of hydrogen-bond acceptors (Lipinski definition) is 3. The van der Waals surface area contributed by atoms with Gasteiger partial charge >= 0.3 is 0 Å². The first-order valence-corrected chi connectivity index (χ1v) is 13.3. The van der Waals surface area contributed by atoms with Crippen molar-refractivity contribution in [3.63, 3.8) is 0 Å². The van der Waals surface area contributed by atoms with Crippen molar-refractivity contribution in [2.24, 2.45) is 0 Å². The predicted octanol–water partition coefficient (Wildman–Crippen LogP) is 6.57. The zero-order valence-corrected chi connectivity index (χ0v) is 24.0. The number of carbonyl (C=O) groups is 2. The van der Waals surface area contributed by atoms with Crippen LogP contribution in [0, 0.1) is 0 Å². The Morgan fingerprint density at radius 2 is 1.45 bits per heavy atom. The minimum atomic E-state index is -0.735. The highest BCUT2D eigenvalue weighted by Gasteiger charge is 2.32. The standard InChI is InChI=1S/C32H39ClN2O3/c1-31(2,3)26-14-10-11-15-28(26)38-22-29(36)35(21-24-16-18-25(33)19-17-24)27(30(37)34-32(4,5)6)20-23-12-8-7-9-13-23/h7-19,27H,20-22H2,1-6H3,(H,34,37)/t27-/m1/s1. The van der Waals surface area contributed by atoms with E-state index >= 15 is 0 Å². The summed E-state index contributed by atoms with van der Waals surface area (Å²) in [6.07, 6.45) is 0.376. The Balaban J connectivity index is 1.95. The highest BCUT2D eigenvalue weighted by atomic mass is 35.5. The summed E-state index contributed by atoms with van der Waals surface area (Å²) in [7, 11) is 0. The summed E-state index contributed by atoms with van der Waals surface area (Å²) in [6, 6.07) is 24.1. The van der Waals surface area contributed by atoms with Crippen molar-refractivity contribution in [3.05, 3.63) is 101 Å². The van der Waals surface area contributed by atoms with Gasteiger partial charge in [-0.15, -0.1) is 0 Å². The Bertz CT molecular complexity index is 1210. The maximum atomic E-state index is 13.8. The molecular formula is C32H39ClN2O3. The minimum Gasteiger partial charge on any atom is -0.483 e. The van der Waals surface area contributed by atoms with Crippen molar-refractivity contribution in [1.82, 2.24) is 10.2 Å².